The highest BCUT2D eigenvalue weighted by Crippen LogP contribution is 2.45. The van der Waals surface area contributed by atoms with Gasteiger partial charge >= 0.3 is 0 Å². The molecule has 8 heteroatoms. The van der Waals surface area contributed by atoms with Crippen molar-refractivity contribution >= 4 is 40.1 Å². The minimum atomic E-state index is -0.526. The standard InChI is InChI=1S/C21H16ClN5OS/c1-12-17(20(28)26-15-5-3-2-4-6-15)18(13-7-9-14(22)10-8-13)27-19(24)16(11-23)29-21(27)25-12/h2-10,18H,24H2,1H3,(H,26,28)/t18-/m0/s1. The molecule has 0 saturated heterocycles. The van der Waals surface area contributed by atoms with Crippen LogP contribution in [0.25, 0.3) is 0 Å². The van der Waals surface area contributed by atoms with E-state index in [1.807, 2.05) is 42.5 Å². The van der Waals surface area contributed by atoms with E-state index in [-0.39, 0.29) is 11.7 Å². The Bertz CT molecular complexity index is 1120. The molecule has 2 aromatic rings. The van der Waals surface area contributed by atoms with Gasteiger partial charge in [0, 0.05) is 10.7 Å². The molecule has 2 aliphatic rings. The smallest absolute Gasteiger partial charge is 0.255 e. The molecule has 4 rings (SSSR count). The fraction of sp³-hybridized carbons (Fsp3) is 0.0952. The van der Waals surface area contributed by atoms with Crippen molar-refractivity contribution in [2.24, 2.45) is 10.7 Å². The number of anilines is 1. The van der Waals surface area contributed by atoms with E-state index in [0.29, 0.717) is 32.1 Å². The maximum atomic E-state index is 13.3. The zero-order chi connectivity index (χ0) is 20.5. The Hall–Kier alpha value is -3.21. The van der Waals surface area contributed by atoms with Crippen molar-refractivity contribution in [2.45, 2.75) is 13.0 Å². The van der Waals surface area contributed by atoms with Crippen molar-refractivity contribution < 1.29 is 4.79 Å². The van der Waals surface area contributed by atoms with Crippen LogP contribution in [0.4, 0.5) is 5.69 Å². The highest BCUT2D eigenvalue weighted by Gasteiger charge is 2.42. The van der Waals surface area contributed by atoms with Gasteiger partial charge in [-0.3, -0.25) is 9.69 Å². The number of carbonyl (C=O) groups excluding carboxylic acids is 1. The molecule has 0 saturated carbocycles. The number of fused-ring (bicyclic) bond motifs is 1. The highest BCUT2D eigenvalue weighted by atomic mass is 35.5. The number of rotatable bonds is 3. The van der Waals surface area contributed by atoms with Crippen LogP contribution in [-0.4, -0.2) is 16.0 Å². The van der Waals surface area contributed by atoms with E-state index >= 15 is 0 Å². The van der Waals surface area contributed by atoms with Gasteiger partial charge in [-0.05, 0) is 48.5 Å². The monoisotopic (exact) mass is 421 g/mol. The van der Waals surface area contributed by atoms with E-state index in [4.69, 9.17) is 17.3 Å². The van der Waals surface area contributed by atoms with Gasteiger partial charge < -0.3 is 11.1 Å². The summed E-state index contributed by atoms with van der Waals surface area (Å²) >= 11 is 7.26. The lowest BCUT2D eigenvalue weighted by Gasteiger charge is -2.35. The van der Waals surface area contributed by atoms with Crippen molar-refractivity contribution in [1.29, 1.82) is 5.26 Å². The zero-order valence-electron chi connectivity index (χ0n) is 15.4. The molecular weight excluding hydrogens is 406 g/mol. The summed E-state index contributed by atoms with van der Waals surface area (Å²) in [5.74, 6) is 0.00775. The molecule has 0 spiro atoms. The first-order chi connectivity index (χ1) is 14.0. The Morgan fingerprint density at radius 2 is 1.93 bits per heavy atom. The molecule has 0 aromatic heterocycles. The molecule has 6 nitrogen and oxygen atoms in total. The molecular formula is C21H16ClN5OS. The van der Waals surface area contributed by atoms with E-state index in [1.54, 1.807) is 24.0 Å². The fourth-order valence-electron chi connectivity index (χ4n) is 3.31. The number of thioether (sulfide) groups is 1. The third-order valence-electron chi connectivity index (χ3n) is 4.64. The van der Waals surface area contributed by atoms with Crippen LogP contribution < -0.4 is 11.1 Å². The van der Waals surface area contributed by atoms with Crippen LogP contribution in [0.5, 0.6) is 0 Å². The number of para-hydroxylation sites is 1. The number of nitriles is 1. The van der Waals surface area contributed by atoms with E-state index in [2.05, 4.69) is 16.4 Å². The SMILES string of the molecule is CC1=C(C(=O)Nc2ccccc2)[C@H](c2ccc(Cl)cc2)N2C(=N1)SC(C#N)=C2N. The number of amides is 1. The van der Waals surface area contributed by atoms with Crippen molar-refractivity contribution in [3.8, 4) is 6.07 Å². The second-order valence-electron chi connectivity index (χ2n) is 6.47. The minimum absolute atomic E-state index is 0.278. The first-order valence-electron chi connectivity index (χ1n) is 8.78. The third-order valence-corrected chi connectivity index (χ3v) is 5.87. The van der Waals surface area contributed by atoms with Crippen LogP contribution in [0.1, 0.15) is 18.5 Å². The van der Waals surface area contributed by atoms with Crippen LogP contribution in [0.3, 0.4) is 0 Å². The van der Waals surface area contributed by atoms with Crippen molar-refractivity contribution in [2.75, 3.05) is 5.32 Å². The van der Waals surface area contributed by atoms with Gasteiger partial charge in [0.25, 0.3) is 5.91 Å². The van der Waals surface area contributed by atoms with Gasteiger partial charge in [-0.2, -0.15) is 5.26 Å². The van der Waals surface area contributed by atoms with E-state index in [9.17, 15) is 10.1 Å². The normalized spacial score (nSPS) is 18.3. The van der Waals surface area contributed by atoms with Crippen LogP contribution in [0.15, 0.2) is 81.6 Å². The molecule has 0 aliphatic carbocycles. The van der Waals surface area contributed by atoms with Crippen molar-refractivity contribution in [1.82, 2.24) is 4.90 Å². The van der Waals surface area contributed by atoms with Gasteiger partial charge in [0.1, 0.15) is 16.8 Å². The Balaban J connectivity index is 1.82. The van der Waals surface area contributed by atoms with Crippen molar-refractivity contribution in [3.05, 3.63) is 87.2 Å². The lowest BCUT2D eigenvalue weighted by molar-refractivity contribution is -0.113. The lowest BCUT2D eigenvalue weighted by Crippen LogP contribution is -2.39. The first kappa shape index (κ1) is 19.1. The average molecular weight is 422 g/mol. The summed E-state index contributed by atoms with van der Waals surface area (Å²) in [5, 5.41) is 13.5. The number of hydrogen-bond acceptors (Lipinski definition) is 6. The molecule has 0 fully saturated rings. The maximum absolute atomic E-state index is 13.3. The number of nitrogens with two attached hydrogens (primary N) is 1. The number of allylic oxidation sites excluding steroid dienone is 2. The molecule has 2 aliphatic heterocycles. The van der Waals surface area contributed by atoms with Gasteiger partial charge in [0.2, 0.25) is 0 Å². The van der Waals surface area contributed by atoms with Gasteiger partial charge in [0.05, 0.1) is 17.3 Å². The molecule has 2 heterocycles. The summed E-state index contributed by atoms with van der Waals surface area (Å²) in [6.45, 7) is 1.79. The number of hydrogen-bond donors (Lipinski definition) is 2. The number of nitrogens with one attached hydrogen (secondary N) is 1. The van der Waals surface area contributed by atoms with Gasteiger partial charge in [-0.25, -0.2) is 4.99 Å². The number of carbonyl (C=O) groups is 1. The number of benzene rings is 2. The summed E-state index contributed by atoms with van der Waals surface area (Å²) in [4.78, 5) is 19.9. The van der Waals surface area contributed by atoms with Gasteiger partial charge in [0.15, 0.2) is 5.17 Å². The van der Waals surface area contributed by atoms with E-state index < -0.39 is 6.04 Å². The van der Waals surface area contributed by atoms with Crippen LogP contribution >= 0.6 is 23.4 Å². The molecule has 1 amide bonds. The van der Waals surface area contributed by atoms with E-state index in [1.165, 1.54) is 11.8 Å². The fourth-order valence-corrected chi connectivity index (χ4v) is 4.35. The molecule has 29 heavy (non-hydrogen) atoms. The van der Waals surface area contributed by atoms with Crippen LogP contribution in [-0.2, 0) is 4.79 Å². The summed E-state index contributed by atoms with van der Waals surface area (Å²) in [6, 6.07) is 18.0. The maximum Gasteiger partial charge on any atom is 0.255 e. The molecule has 0 radical (unpaired) electrons. The zero-order valence-corrected chi connectivity index (χ0v) is 17.0. The van der Waals surface area contributed by atoms with Gasteiger partial charge in [-0.15, -0.1) is 0 Å². The number of amidine groups is 1. The van der Waals surface area contributed by atoms with Crippen molar-refractivity contribution in [3.63, 3.8) is 0 Å². The molecule has 1 atom stereocenters. The Labute approximate surface area is 177 Å². The van der Waals surface area contributed by atoms with Crippen LogP contribution in [0.2, 0.25) is 5.02 Å². The van der Waals surface area contributed by atoms with E-state index in [0.717, 1.165) is 5.56 Å². The van der Waals surface area contributed by atoms with Gasteiger partial charge in [-0.1, -0.05) is 41.9 Å². The predicted molar refractivity (Wildman–Crippen MR) is 116 cm³/mol. The average Bonchev–Trinajstić information content (AvgIpc) is 3.03. The lowest BCUT2D eigenvalue weighted by atomic mass is 9.94. The summed E-state index contributed by atoms with van der Waals surface area (Å²) in [5.41, 5.74) is 8.80. The molecule has 2 aromatic carbocycles. The highest BCUT2D eigenvalue weighted by molar-refractivity contribution is 8.17. The Morgan fingerprint density at radius 3 is 2.59 bits per heavy atom. The summed E-state index contributed by atoms with van der Waals surface area (Å²) < 4.78 is 0. The number of aliphatic imine (C=N–C) groups is 1. The largest absolute Gasteiger partial charge is 0.383 e. The first-order valence-corrected chi connectivity index (χ1v) is 9.97. The quantitative estimate of drug-likeness (QED) is 0.767. The summed E-state index contributed by atoms with van der Waals surface area (Å²) in [6.07, 6.45) is 0. The molecule has 0 unspecified atom stereocenters. The molecule has 144 valence electrons. The second kappa shape index (κ2) is 7.66. The topological polar surface area (TPSA) is 94.5 Å². The van der Waals surface area contributed by atoms with Crippen LogP contribution in [0, 0.1) is 11.3 Å². The minimum Gasteiger partial charge on any atom is -0.383 e. The third kappa shape index (κ3) is 3.48. The number of nitrogens with zero attached hydrogens (tertiary/aromatic N) is 3. The second-order valence-corrected chi connectivity index (χ2v) is 7.88. The number of halogens is 1. The molecule has 0 bridgehead atoms. The Kier molecular flexibility index (Phi) is 5.05. The predicted octanol–water partition coefficient (Wildman–Crippen LogP) is 4.36. The Morgan fingerprint density at radius 1 is 1.24 bits per heavy atom. The molecule has 3 N–H and O–H groups in total. The summed E-state index contributed by atoms with van der Waals surface area (Å²) in [7, 11) is 0.